The Balaban J connectivity index is 1.96. The van der Waals surface area contributed by atoms with Gasteiger partial charge in [0.2, 0.25) is 0 Å². The van der Waals surface area contributed by atoms with Crippen molar-refractivity contribution in [1.29, 1.82) is 0 Å². The van der Waals surface area contributed by atoms with E-state index in [4.69, 9.17) is 4.74 Å². The van der Waals surface area contributed by atoms with Crippen molar-refractivity contribution in [3.63, 3.8) is 0 Å². The molecule has 0 saturated carbocycles. The third-order valence-electron chi connectivity index (χ3n) is 3.19. The van der Waals surface area contributed by atoms with Crippen LogP contribution in [-0.4, -0.2) is 23.3 Å². The highest BCUT2D eigenvalue weighted by molar-refractivity contribution is 9.11. The van der Waals surface area contributed by atoms with Crippen LogP contribution < -0.4 is 10.2 Å². The number of halogens is 2. The molecule has 1 atom stereocenters. The van der Waals surface area contributed by atoms with Crippen LogP contribution in [0.15, 0.2) is 50.4 Å². The van der Waals surface area contributed by atoms with Gasteiger partial charge < -0.3 is 9.84 Å². The molecule has 0 aromatic heterocycles. The van der Waals surface area contributed by atoms with Gasteiger partial charge in [-0.05, 0) is 75.0 Å². The molecular formula is C17H16Br2N2O3. The highest BCUT2D eigenvalue weighted by Gasteiger charge is 2.14. The van der Waals surface area contributed by atoms with Crippen LogP contribution in [0, 0.1) is 6.92 Å². The number of phenolic OH excluding ortho intramolecular Hbond substituents is 1. The predicted octanol–water partition coefficient (Wildman–Crippen LogP) is 4.14. The number of carbonyl (C=O) groups is 1. The summed E-state index contributed by atoms with van der Waals surface area (Å²) in [5, 5.41) is 13.6. The Kier molecular flexibility index (Phi) is 6.39. The van der Waals surface area contributed by atoms with Gasteiger partial charge in [-0.2, -0.15) is 5.10 Å². The standard InChI is InChI=1S/C17H16Br2N2O3/c1-10-5-3-4-6-15(10)24-11(2)17(23)21-20-9-12-7-13(18)16(22)14(19)8-12/h3-9,11,22H,1-2H3,(H,21,23)/b20-9+/t11-/m0/s1. The number of rotatable bonds is 5. The number of nitrogens with one attached hydrogen (secondary N) is 1. The molecule has 2 aromatic carbocycles. The molecular weight excluding hydrogens is 440 g/mol. The van der Waals surface area contributed by atoms with Crippen LogP contribution in [0.4, 0.5) is 0 Å². The van der Waals surface area contributed by atoms with Gasteiger partial charge in [0, 0.05) is 0 Å². The van der Waals surface area contributed by atoms with Crippen molar-refractivity contribution >= 4 is 44.0 Å². The van der Waals surface area contributed by atoms with E-state index in [0.717, 1.165) is 5.56 Å². The lowest BCUT2D eigenvalue weighted by molar-refractivity contribution is -0.127. The minimum atomic E-state index is -0.679. The molecule has 2 N–H and O–H groups in total. The zero-order valence-corrected chi connectivity index (χ0v) is 16.3. The summed E-state index contributed by atoms with van der Waals surface area (Å²) in [6, 6.07) is 10.9. The zero-order chi connectivity index (χ0) is 17.7. The molecule has 5 nitrogen and oxygen atoms in total. The van der Waals surface area contributed by atoms with Crippen LogP contribution in [0.2, 0.25) is 0 Å². The molecule has 0 aliphatic carbocycles. The van der Waals surface area contributed by atoms with E-state index in [9.17, 15) is 9.90 Å². The van der Waals surface area contributed by atoms with Crippen molar-refractivity contribution in [2.24, 2.45) is 5.10 Å². The van der Waals surface area contributed by atoms with Gasteiger partial charge in [0.1, 0.15) is 11.5 Å². The summed E-state index contributed by atoms with van der Waals surface area (Å²) in [6.07, 6.45) is 0.800. The second-order valence-electron chi connectivity index (χ2n) is 5.09. The fourth-order valence-electron chi connectivity index (χ4n) is 1.85. The number of hydrogen-bond acceptors (Lipinski definition) is 4. The number of phenols is 1. The van der Waals surface area contributed by atoms with Gasteiger partial charge in [0.25, 0.3) is 5.91 Å². The van der Waals surface area contributed by atoms with Crippen LogP contribution in [0.25, 0.3) is 0 Å². The van der Waals surface area contributed by atoms with Gasteiger partial charge in [-0.25, -0.2) is 5.43 Å². The summed E-state index contributed by atoms with van der Waals surface area (Å²) in [7, 11) is 0. The molecule has 0 spiro atoms. The van der Waals surface area contributed by atoms with Gasteiger partial charge in [-0.3, -0.25) is 4.79 Å². The fourth-order valence-corrected chi connectivity index (χ4v) is 3.08. The quantitative estimate of drug-likeness (QED) is 0.525. The minimum Gasteiger partial charge on any atom is -0.506 e. The number of para-hydroxylation sites is 1. The second-order valence-corrected chi connectivity index (χ2v) is 6.80. The molecule has 2 aromatic rings. The SMILES string of the molecule is Cc1ccccc1O[C@@H](C)C(=O)N/N=C/c1cc(Br)c(O)c(Br)c1. The number of nitrogens with zero attached hydrogens (tertiary/aromatic N) is 1. The summed E-state index contributed by atoms with van der Waals surface area (Å²) in [4.78, 5) is 12.0. The monoisotopic (exact) mass is 454 g/mol. The first-order valence-corrected chi connectivity index (χ1v) is 8.70. The van der Waals surface area contributed by atoms with Crippen molar-refractivity contribution in [3.8, 4) is 11.5 Å². The maximum atomic E-state index is 12.0. The maximum Gasteiger partial charge on any atom is 0.280 e. The van der Waals surface area contributed by atoms with E-state index in [1.54, 1.807) is 19.1 Å². The van der Waals surface area contributed by atoms with Crippen molar-refractivity contribution < 1.29 is 14.6 Å². The third-order valence-corrected chi connectivity index (χ3v) is 4.40. The Morgan fingerprint density at radius 3 is 2.54 bits per heavy atom. The summed E-state index contributed by atoms with van der Waals surface area (Å²) < 4.78 is 6.69. The summed E-state index contributed by atoms with van der Waals surface area (Å²) >= 11 is 6.47. The van der Waals surface area contributed by atoms with Crippen LogP contribution in [-0.2, 0) is 4.79 Å². The Labute approximate surface area is 157 Å². The van der Waals surface area contributed by atoms with Crippen LogP contribution in [0.3, 0.4) is 0 Å². The largest absolute Gasteiger partial charge is 0.506 e. The van der Waals surface area contributed by atoms with E-state index in [0.29, 0.717) is 20.3 Å². The molecule has 0 fully saturated rings. The van der Waals surface area contributed by atoms with Gasteiger partial charge in [0.15, 0.2) is 6.10 Å². The lowest BCUT2D eigenvalue weighted by Gasteiger charge is -2.14. The van der Waals surface area contributed by atoms with E-state index in [-0.39, 0.29) is 11.7 Å². The number of amides is 1. The maximum absolute atomic E-state index is 12.0. The number of carbonyl (C=O) groups excluding carboxylic acids is 1. The topological polar surface area (TPSA) is 70.9 Å². The summed E-state index contributed by atoms with van der Waals surface area (Å²) in [5.41, 5.74) is 4.10. The lowest BCUT2D eigenvalue weighted by Crippen LogP contribution is -2.33. The Morgan fingerprint density at radius 1 is 1.29 bits per heavy atom. The Hall–Kier alpha value is -1.86. The normalized spacial score (nSPS) is 12.2. The number of hydrazone groups is 1. The minimum absolute atomic E-state index is 0.108. The second kappa shape index (κ2) is 8.30. The third kappa shape index (κ3) is 4.82. The predicted molar refractivity (Wildman–Crippen MR) is 101 cm³/mol. The van der Waals surface area contributed by atoms with Gasteiger partial charge in [0.05, 0.1) is 15.2 Å². The van der Waals surface area contributed by atoms with Crippen molar-refractivity contribution in [1.82, 2.24) is 5.43 Å². The highest BCUT2D eigenvalue weighted by Crippen LogP contribution is 2.32. The van der Waals surface area contributed by atoms with E-state index >= 15 is 0 Å². The molecule has 1 amide bonds. The molecule has 0 heterocycles. The molecule has 7 heteroatoms. The molecule has 0 aliphatic heterocycles. The molecule has 0 unspecified atom stereocenters. The van der Waals surface area contributed by atoms with Crippen LogP contribution >= 0.6 is 31.9 Å². The first kappa shape index (κ1) is 18.5. The molecule has 126 valence electrons. The van der Waals surface area contributed by atoms with Gasteiger partial charge in [-0.1, -0.05) is 18.2 Å². The summed E-state index contributed by atoms with van der Waals surface area (Å²) in [5.74, 6) is 0.415. The molecule has 24 heavy (non-hydrogen) atoms. The zero-order valence-electron chi connectivity index (χ0n) is 13.1. The van der Waals surface area contributed by atoms with Crippen molar-refractivity contribution in [2.45, 2.75) is 20.0 Å². The smallest absolute Gasteiger partial charge is 0.280 e. The fraction of sp³-hybridized carbons (Fsp3) is 0.176. The molecule has 0 radical (unpaired) electrons. The van der Waals surface area contributed by atoms with Gasteiger partial charge in [-0.15, -0.1) is 0 Å². The number of hydrogen-bond donors (Lipinski definition) is 2. The van der Waals surface area contributed by atoms with E-state index in [2.05, 4.69) is 42.4 Å². The van der Waals surface area contributed by atoms with Crippen LogP contribution in [0.5, 0.6) is 11.5 Å². The van der Waals surface area contributed by atoms with E-state index in [1.807, 2.05) is 31.2 Å². The average molecular weight is 456 g/mol. The Morgan fingerprint density at radius 2 is 1.92 bits per heavy atom. The molecule has 2 rings (SSSR count). The Bertz CT molecular complexity index is 755. The first-order chi connectivity index (χ1) is 11.4. The molecule has 0 saturated heterocycles. The highest BCUT2D eigenvalue weighted by atomic mass is 79.9. The average Bonchev–Trinajstić information content (AvgIpc) is 2.54. The van der Waals surface area contributed by atoms with Crippen molar-refractivity contribution in [2.75, 3.05) is 0 Å². The molecule has 0 aliphatic rings. The van der Waals surface area contributed by atoms with E-state index in [1.165, 1.54) is 6.21 Å². The number of benzene rings is 2. The molecule has 0 bridgehead atoms. The van der Waals surface area contributed by atoms with Crippen molar-refractivity contribution in [3.05, 3.63) is 56.5 Å². The lowest BCUT2D eigenvalue weighted by atomic mass is 10.2. The van der Waals surface area contributed by atoms with Crippen LogP contribution in [0.1, 0.15) is 18.1 Å². The first-order valence-electron chi connectivity index (χ1n) is 7.11. The summed E-state index contributed by atoms with van der Waals surface area (Å²) in [6.45, 7) is 3.57. The number of aromatic hydroxyl groups is 1. The van der Waals surface area contributed by atoms with Gasteiger partial charge >= 0.3 is 0 Å². The van der Waals surface area contributed by atoms with E-state index < -0.39 is 6.10 Å². The number of aryl methyl sites for hydroxylation is 1. The number of ether oxygens (including phenoxy) is 1.